The number of nitrogens with zero attached hydrogens (tertiary/aromatic N) is 1. The molecule has 1 atom stereocenters. The monoisotopic (exact) mass is 286 g/mol. The van der Waals surface area contributed by atoms with Gasteiger partial charge in [-0.15, -0.1) is 0 Å². The van der Waals surface area contributed by atoms with Crippen molar-refractivity contribution in [3.8, 4) is 11.8 Å². The van der Waals surface area contributed by atoms with E-state index in [4.69, 9.17) is 10.00 Å². The molecule has 20 heavy (non-hydrogen) atoms. The van der Waals surface area contributed by atoms with E-state index in [1.807, 2.05) is 12.1 Å². The molecule has 104 valence electrons. The Morgan fingerprint density at radius 2 is 2.25 bits per heavy atom. The first-order valence-electron chi connectivity index (χ1n) is 6.54. The summed E-state index contributed by atoms with van der Waals surface area (Å²) in [4.78, 5) is 0. The van der Waals surface area contributed by atoms with E-state index in [-0.39, 0.29) is 0 Å². The van der Waals surface area contributed by atoms with E-state index in [0.29, 0.717) is 18.2 Å². The van der Waals surface area contributed by atoms with Gasteiger partial charge in [-0.1, -0.05) is 0 Å². The summed E-state index contributed by atoms with van der Waals surface area (Å²) in [6.07, 6.45) is 1.00. The van der Waals surface area contributed by atoms with E-state index in [1.54, 1.807) is 24.5 Å². The van der Waals surface area contributed by atoms with Crippen LogP contribution in [0, 0.1) is 11.3 Å². The van der Waals surface area contributed by atoms with Crippen LogP contribution in [0.3, 0.4) is 0 Å². The Morgan fingerprint density at radius 3 is 2.90 bits per heavy atom. The minimum atomic E-state index is 0.375. The lowest BCUT2D eigenvalue weighted by Gasteiger charge is -2.15. The number of thiophene rings is 1. The highest BCUT2D eigenvalue weighted by atomic mass is 32.1. The second kappa shape index (κ2) is 7.09. The van der Waals surface area contributed by atoms with Crippen LogP contribution in [0.5, 0.6) is 5.75 Å². The summed E-state index contributed by atoms with van der Waals surface area (Å²) in [6.45, 7) is 2.86. The van der Waals surface area contributed by atoms with Crippen LogP contribution in [-0.2, 0) is 13.0 Å². The van der Waals surface area contributed by atoms with Crippen LogP contribution < -0.4 is 10.1 Å². The standard InChI is InChI=1S/C16H18N2OS/c1-12(7-14-5-6-20-11-14)18-10-15-8-13(9-17)3-4-16(15)19-2/h3-6,8,11-12,18H,7,10H2,1-2H3. The third-order valence-electron chi connectivity index (χ3n) is 3.17. The molecule has 1 aromatic carbocycles. The van der Waals surface area contributed by atoms with Gasteiger partial charge in [0.05, 0.1) is 18.7 Å². The fourth-order valence-corrected chi connectivity index (χ4v) is 2.79. The first-order valence-corrected chi connectivity index (χ1v) is 7.48. The SMILES string of the molecule is COc1ccc(C#N)cc1CNC(C)Cc1ccsc1. The van der Waals surface area contributed by atoms with Crippen LogP contribution in [0.15, 0.2) is 35.0 Å². The maximum atomic E-state index is 8.96. The van der Waals surface area contributed by atoms with Gasteiger partial charge in [0.1, 0.15) is 5.75 Å². The molecule has 2 aromatic rings. The van der Waals surface area contributed by atoms with Crippen molar-refractivity contribution >= 4 is 11.3 Å². The summed E-state index contributed by atoms with van der Waals surface area (Å²) in [7, 11) is 1.65. The van der Waals surface area contributed by atoms with Crippen LogP contribution in [0.2, 0.25) is 0 Å². The molecular weight excluding hydrogens is 268 g/mol. The van der Waals surface area contributed by atoms with Crippen molar-refractivity contribution in [2.24, 2.45) is 0 Å². The number of nitrogens with one attached hydrogen (secondary N) is 1. The van der Waals surface area contributed by atoms with Crippen molar-refractivity contribution < 1.29 is 4.74 Å². The summed E-state index contributed by atoms with van der Waals surface area (Å²) < 4.78 is 5.34. The maximum absolute atomic E-state index is 8.96. The normalized spacial score (nSPS) is 11.8. The topological polar surface area (TPSA) is 45.0 Å². The number of hydrogen-bond acceptors (Lipinski definition) is 4. The molecule has 1 aromatic heterocycles. The van der Waals surface area contributed by atoms with Crippen molar-refractivity contribution in [3.05, 3.63) is 51.7 Å². The minimum absolute atomic E-state index is 0.375. The zero-order valence-corrected chi connectivity index (χ0v) is 12.5. The molecule has 0 radical (unpaired) electrons. The average molecular weight is 286 g/mol. The predicted molar refractivity (Wildman–Crippen MR) is 82.0 cm³/mol. The van der Waals surface area contributed by atoms with Gasteiger partial charge in [-0.2, -0.15) is 16.6 Å². The highest BCUT2D eigenvalue weighted by Crippen LogP contribution is 2.19. The van der Waals surface area contributed by atoms with E-state index in [9.17, 15) is 0 Å². The first-order chi connectivity index (χ1) is 9.72. The number of ether oxygens (including phenoxy) is 1. The fraction of sp³-hybridized carbons (Fsp3) is 0.312. The molecule has 0 amide bonds. The maximum Gasteiger partial charge on any atom is 0.123 e. The molecule has 0 aliphatic heterocycles. The van der Waals surface area contributed by atoms with Crippen molar-refractivity contribution in [2.75, 3.05) is 7.11 Å². The number of nitriles is 1. The van der Waals surface area contributed by atoms with E-state index < -0.39 is 0 Å². The summed E-state index contributed by atoms with van der Waals surface area (Å²) in [5.41, 5.74) is 3.03. The molecular formula is C16H18N2OS. The lowest BCUT2D eigenvalue weighted by molar-refractivity contribution is 0.405. The molecule has 1 N–H and O–H groups in total. The average Bonchev–Trinajstić information content (AvgIpc) is 2.97. The van der Waals surface area contributed by atoms with Crippen LogP contribution in [-0.4, -0.2) is 13.2 Å². The number of benzene rings is 1. The van der Waals surface area contributed by atoms with Crippen molar-refractivity contribution in [2.45, 2.75) is 25.9 Å². The van der Waals surface area contributed by atoms with E-state index >= 15 is 0 Å². The van der Waals surface area contributed by atoms with Crippen LogP contribution >= 0.6 is 11.3 Å². The molecule has 3 nitrogen and oxygen atoms in total. The molecule has 2 rings (SSSR count). The molecule has 4 heteroatoms. The summed E-state index contributed by atoms with van der Waals surface area (Å²) >= 11 is 1.72. The van der Waals surface area contributed by atoms with Gasteiger partial charge in [-0.3, -0.25) is 0 Å². The van der Waals surface area contributed by atoms with Gasteiger partial charge in [-0.25, -0.2) is 0 Å². The largest absolute Gasteiger partial charge is 0.496 e. The van der Waals surface area contributed by atoms with Gasteiger partial charge in [-0.05, 0) is 53.9 Å². The predicted octanol–water partition coefficient (Wildman–Crippen LogP) is 3.35. The lowest BCUT2D eigenvalue weighted by Crippen LogP contribution is -2.27. The molecule has 0 fully saturated rings. The van der Waals surface area contributed by atoms with Gasteiger partial charge in [0.25, 0.3) is 0 Å². The molecule has 0 saturated heterocycles. The second-order valence-corrected chi connectivity index (χ2v) is 5.54. The van der Waals surface area contributed by atoms with Gasteiger partial charge in [0.15, 0.2) is 0 Å². The molecule has 1 unspecified atom stereocenters. The van der Waals surface area contributed by atoms with Gasteiger partial charge >= 0.3 is 0 Å². The van der Waals surface area contributed by atoms with Gasteiger partial charge in [0, 0.05) is 18.2 Å². The Kier molecular flexibility index (Phi) is 5.16. The smallest absolute Gasteiger partial charge is 0.123 e. The Labute approximate surface area is 123 Å². The number of methoxy groups -OCH3 is 1. The van der Waals surface area contributed by atoms with E-state index in [0.717, 1.165) is 17.7 Å². The van der Waals surface area contributed by atoms with Gasteiger partial charge in [0.2, 0.25) is 0 Å². The molecule has 0 spiro atoms. The first kappa shape index (κ1) is 14.6. The van der Waals surface area contributed by atoms with Crippen molar-refractivity contribution in [3.63, 3.8) is 0 Å². The Morgan fingerprint density at radius 1 is 1.40 bits per heavy atom. The minimum Gasteiger partial charge on any atom is -0.496 e. The van der Waals surface area contributed by atoms with E-state index in [1.165, 1.54) is 5.56 Å². The third-order valence-corrected chi connectivity index (χ3v) is 3.90. The van der Waals surface area contributed by atoms with Crippen LogP contribution in [0.4, 0.5) is 0 Å². The summed E-state index contributed by atoms with van der Waals surface area (Å²) in [6, 6.07) is 10.2. The zero-order chi connectivity index (χ0) is 14.4. The van der Waals surface area contributed by atoms with E-state index in [2.05, 4.69) is 35.1 Å². The molecule has 0 saturated carbocycles. The quantitative estimate of drug-likeness (QED) is 0.885. The molecule has 0 bridgehead atoms. The van der Waals surface area contributed by atoms with Gasteiger partial charge < -0.3 is 10.1 Å². The highest BCUT2D eigenvalue weighted by Gasteiger charge is 2.08. The van der Waals surface area contributed by atoms with Crippen LogP contribution in [0.25, 0.3) is 0 Å². The molecule has 0 aliphatic carbocycles. The number of rotatable bonds is 6. The lowest BCUT2D eigenvalue weighted by atomic mass is 10.1. The summed E-state index contributed by atoms with van der Waals surface area (Å²) in [5.74, 6) is 0.819. The fourth-order valence-electron chi connectivity index (χ4n) is 2.10. The molecule has 1 heterocycles. The third kappa shape index (κ3) is 3.83. The van der Waals surface area contributed by atoms with Crippen molar-refractivity contribution in [1.82, 2.24) is 5.32 Å². The summed E-state index contributed by atoms with van der Waals surface area (Å²) in [5, 5.41) is 16.7. The molecule has 0 aliphatic rings. The van der Waals surface area contributed by atoms with Crippen LogP contribution in [0.1, 0.15) is 23.6 Å². The Balaban J connectivity index is 1.97. The Hall–Kier alpha value is -1.83. The highest BCUT2D eigenvalue weighted by molar-refractivity contribution is 7.07. The van der Waals surface area contributed by atoms with Crippen molar-refractivity contribution in [1.29, 1.82) is 5.26 Å². The Bertz CT molecular complexity index is 587. The second-order valence-electron chi connectivity index (χ2n) is 4.76. The number of hydrogen-bond donors (Lipinski definition) is 1. The zero-order valence-electron chi connectivity index (χ0n) is 11.7.